The van der Waals surface area contributed by atoms with Crippen LogP contribution in [-0.2, 0) is 9.53 Å². The van der Waals surface area contributed by atoms with E-state index in [0.717, 1.165) is 0 Å². The van der Waals surface area contributed by atoms with Gasteiger partial charge in [0.25, 0.3) is 18.2 Å². The van der Waals surface area contributed by atoms with Gasteiger partial charge in [0.1, 0.15) is 5.60 Å². The minimum Gasteiger partial charge on any atom is -0.443 e. The van der Waals surface area contributed by atoms with Crippen molar-refractivity contribution in [1.82, 2.24) is 10.2 Å². The van der Waals surface area contributed by atoms with Crippen molar-refractivity contribution in [2.45, 2.75) is 38.7 Å². The van der Waals surface area contributed by atoms with E-state index in [1.807, 2.05) is 6.07 Å². The van der Waals surface area contributed by atoms with E-state index in [1.165, 1.54) is 11.1 Å². The third-order valence-electron chi connectivity index (χ3n) is 3.38. The summed E-state index contributed by atoms with van der Waals surface area (Å²) >= 11 is 0. The van der Waals surface area contributed by atoms with Crippen LogP contribution >= 0.6 is 0 Å². The van der Waals surface area contributed by atoms with Gasteiger partial charge >= 0.3 is 11.9 Å². The molecule has 0 saturated heterocycles. The topological polar surface area (TPSA) is 92.4 Å². The zero-order valence-corrected chi connectivity index (χ0v) is 12.7. The van der Waals surface area contributed by atoms with E-state index >= 15 is 0 Å². The lowest BCUT2D eigenvalue weighted by atomic mass is 10.1. The lowest BCUT2D eigenvalue weighted by Crippen LogP contribution is -2.70. The van der Waals surface area contributed by atoms with Gasteiger partial charge in [0.15, 0.2) is 18.6 Å². The van der Waals surface area contributed by atoms with E-state index in [9.17, 15) is 9.59 Å². The van der Waals surface area contributed by atoms with Crippen LogP contribution < -0.4 is 20.2 Å². The number of carbonyl (C=O) groups excluding carboxylic acids is 2. The number of nitrogens with two attached hydrogens (primary N) is 1. The Labute approximate surface area is 127 Å². The summed E-state index contributed by atoms with van der Waals surface area (Å²) in [6, 6.07) is 0.992. The predicted octanol–water partition coefficient (Wildman–Crippen LogP) is -0.474. The Bertz CT molecular complexity index is 680. The van der Waals surface area contributed by atoms with Crippen LogP contribution in [0.5, 0.6) is 0 Å². The van der Waals surface area contributed by atoms with Crippen molar-refractivity contribution in [2.24, 2.45) is 5.73 Å². The van der Waals surface area contributed by atoms with Crippen LogP contribution in [0.25, 0.3) is 6.20 Å². The van der Waals surface area contributed by atoms with Gasteiger partial charge in [-0.1, -0.05) is 0 Å². The molecule has 2 aliphatic rings. The van der Waals surface area contributed by atoms with Crippen LogP contribution in [0, 0.1) is 0 Å². The number of hydrogen-bond donors (Lipinski definition) is 2. The molecule has 2 unspecified atom stereocenters. The van der Waals surface area contributed by atoms with Gasteiger partial charge in [0.05, 0.1) is 12.3 Å². The molecule has 0 saturated carbocycles. The molecule has 8 nitrogen and oxygen atoms in total. The summed E-state index contributed by atoms with van der Waals surface area (Å²) in [5.41, 5.74) is 5.28. The summed E-state index contributed by atoms with van der Waals surface area (Å²) in [5.74, 6) is 0.259. The minimum atomic E-state index is -0.819. The average molecular weight is 305 g/mol. The second-order valence-electron chi connectivity index (χ2n) is 6.21. The average Bonchev–Trinajstić information content (AvgIpc) is 2.42. The molecule has 1 aromatic heterocycles. The fraction of sp³-hybridized carbons (Fsp3) is 0.429. The Morgan fingerprint density at radius 3 is 2.82 bits per heavy atom. The fourth-order valence-corrected chi connectivity index (χ4v) is 2.53. The van der Waals surface area contributed by atoms with Crippen LogP contribution in [0.4, 0.5) is 4.79 Å². The zero-order valence-electron chi connectivity index (χ0n) is 12.7. The SMILES string of the molecule is CC(C)(C)OC(=O)N1C=C[n+]2ccc[n+]3c2C1C(=O)NC3N. The normalized spacial score (nSPS) is 22.9. The Morgan fingerprint density at radius 2 is 2.14 bits per heavy atom. The van der Waals surface area contributed by atoms with Crippen LogP contribution in [0.15, 0.2) is 24.7 Å². The van der Waals surface area contributed by atoms with Gasteiger partial charge in [-0.3, -0.25) is 15.8 Å². The summed E-state index contributed by atoms with van der Waals surface area (Å²) in [4.78, 5) is 26.0. The van der Waals surface area contributed by atoms with Gasteiger partial charge in [-0.05, 0) is 20.8 Å². The molecule has 1 aromatic rings. The highest BCUT2D eigenvalue weighted by molar-refractivity contribution is 5.87. The molecule has 2 atom stereocenters. The summed E-state index contributed by atoms with van der Waals surface area (Å²) in [5, 5.41) is 2.65. The van der Waals surface area contributed by atoms with Crippen LogP contribution in [0.1, 0.15) is 38.9 Å². The zero-order chi connectivity index (χ0) is 16.1. The molecule has 0 aromatic carbocycles. The third kappa shape index (κ3) is 2.31. The number of rotatable bonds is 0. The molecule has 0 aliphatic carbocycles. The molecule has 0 spiro atoms. The van der Waals surface area contributed by atoms with Gasteiger partial charge in [-0.25, -0.2) is 9.69 Å². The number of ether oxygens (including phenoxy) is 1. The van der Waals surface area contributed by atoms with Crippen molar-refractivity contribution in [3.8, 4) is 0 Å². The highest BCUT2D eigenvalue weighted by Crippen LogP contribution is 2.25. The summed E-state index contributed by atoms with van der Waals surface area (Å²) in [6.45, 7) is 5.33. The first-order valence-electron chi connectivity index (χ1n) is 6.99. The lowest BCUT2D eigenvalue weighted by molar-refractivity contribution is -0.818. The monoisotopic (exact) mass is 305 g/mol. The molecular formula is C14H19N5O3+2. The van der Waals surface area contributed by atoms with E-state index in [2.05, 4.69) is 5.32 Å². The van der Waals surface area contributed by atoms with E-state index in [1.54, 1.807) is 48.5 Å². The van der Waals surface area contributed by atoms with E-state index in [-0.39, 0.29) is 5.91 Å². The van der Waals surface area contributed by atoms with Crippen molar-refractivity contribution in [2.75, 3.05) is 0 Å². The summed E-state index contributed by atoms with van der Waals surface area (Å²) in [7, 11) is 0. The molecule has 8 heteroatoms. The molecule has 2 amide bonds. The second-order valence-corrected chi connectivity index (χ2v) is 6.21. The third-order valence-corrected chi connectivity index (χ3v) is 3.38. The summed E-state index contributed by atoms with van der Waals surface area (Å²) in [6.07, 6.45) is 5.53. The van der Waals surface area contributed by atoms with E-state index in [0.29, 0.717) is 5.82 Å². The molecule has 0 radical (unpaired) electrons. The van der Waals surface area contributed by atoms with Gasteiger partial charge in [0.2, 0.25) is 0 Å². The van der Waals surface area contributed by atoms with Crippen molar-refractivity contribution < 1.29 is 23.5 Å². The second kappa shape index (κ2) is 4.77. The summed E-state index contributed by atoms with van der Waals surface area (Å²) < 4.78 is 8.85. The lowest BCUT2D eigenvalue weighted by Gasteiger charge is -2.31. The van der Waals surface area contributed by atoms with Crippen molar-refractivity contribution in [3.63, 3.8) is 0 Å². The number of amides is 2. The first-order valence-corrected chi connectivity index (χ1v) is 6.99. The Hall–Kier alpha value is -2.48. The van der Waals surface area contributed by atoms with Crippen LogP contribution in [0.2, 0.25) is 0 Å². The van der Waals surface area contributed by atoms with Crippen molar-refractivity contribution in [1.29, 1.82) is 0 Å². The Morgan fingerprint density at radius 1 is 1.41 bits per heavy atom. The number of nitrogens with one attached hydrogen (secondary N) is 1. The number of carbonyl (C=O) groups is 2. The van der Waals surface area contributed by atoms with Crippen molar-refractivity contribution >= 4 is 18.2 Å². The van der Waals surface area contributed by atoms with E-state index in [4.69, 9.17) is 10.5 Å². The maximum absolute atomic E-state index is 12.4. The van der Waals surface area contributed by atoms with Gasteiger partial charge in [-0.15, -0.1) is 9.13 Å². The predicted molar refractivity (Wildman–Crippen MR) is 74.3 cm³/mol. The quantitative estimate of drug-likeness (QED) is 0.634. The highest BCUT2D eigenvalue weighted by atomic mass is 16.6. The van der Waals surface area contributed by atoms with Gasteiger partial charge < -0.3 is 4.74 Å². The van der Waals surface area contributed by atoms with Crippen LogP contribution in [-0.4, -0.2) is 22.5 Å². The molecule has 2 aliphatic heterocycles. The Kier molecular flexibility index (Phi) is 3.13. The first-order chi connectivity index (χ1) is 10.3. The number of nitrogens with zero attached hydrogens (tertiary/aromatic N) is 3. The molecule has 116 valence electrons. The van der Waals surface area contributed by atoms with E-state index < -0.39 is 24.0 Å². The van der Waals surface area contributed by atoms with Crippen molar-refractivity contribution in [3.05, 3.63) is 30.5 Å². The Balaban J connectivity index is 2.04. The minimum absolute atomic E-state index is 0.345. The smallest absolute Gasteiger partial charge is 0.443 e. The number of aromatic nitrogens is 2. The largest absolute Gasteiger partial charge is 0.459 e. The molecule has 3 N–H and O–H groups in total. The highest BCUT2D eigenvalue weighted by Gasteiger charge is 2.53. The molecule has 3 heterocycles. The van der Waals surface area contributed by atoms with Gasteiger partial charge in [0, 0.05) is 0 Å². The van der Waals surface area contributed by atoms with Gasteiger partial charge in [-0.2, -0.15) is 0 Å². The molecule has 0 fully saturated rings. The molecule has 22 heavy (non-hydrogen) atoms. The number of hydrogen-bond acceptors (Lipinski definition) is 4. The maximum atomic E-state index is 12.4. The fourth-order valence-electron chi connectivity index (χ4n) is 2.53. The van der Waals surface area contributed by atoms with Crippen LogP contribution in [0.3, 0.4) is 0 Å². The molecule has 3 rings (SSSR count). The molecule has 0 bridgehead atoms. The first kappa shape index (κ1) is 14.5. The molecular weight excluding hydrogens is 286 g/mol. The maximum Gasteiger partial charge on any atom is 0.459 e. The standard InChI is InChI=1S/C14H18N5O3/c1-14(2,3)22-13(21)18-8-7-17-5-4-6-19-11(17)9(18)10(20)16-12(19)15/h4-9,12H,15H2,1-3H3/q+1/p+1.